The van der Waals surface area contributed by atoms with Gasteiger partial charge in [-0.3, -0.25) is 0 Å². The minimum Gasteiger partial charge on any atom is -0.409 e. The van der Waals surface area contributed by atoms with Gasteiger partial charge in [0.25, 0.3) is 0 Å². The molecule has 0 saturated heterocycles. The molecule has 2 rings (SSSR count). The van der Waals surface area contributed by atoms with Crippen LogP contribution in [0.4, 0.5) is 0 Å². The van der Waals surface area contributed by atoms with Crippen molar-refractivity contribution in [2.45, 2.75) is 31.7 Å². The predicted molar refractivity (Wildman–Crippen MR) is 84.8 cm³/mol. The summed E-state index contributed by atoms with van der Waals surface area (Å²) < 4.78 is 0. The first-order chi connectivity index (χ1) is 10.0. The van der Waals surface area contributed by atoms with E-state index in [1.807, 2.05) is 45.0 Å². The third-order valence-corrected chi connectivity index (χ3v) is 4.26. The molecule has 0 atom stereocenters. The van der Waals surface area contributed by atoms with E-state index in [2.05, 4.69) is 15.1 Å². The molecule has 6 heteroatoms. The van der Waals surface area contributed by atoms with Gasteiger partial charge in [0.1, 0.15) is 0 Å². The number of benzene rings is 1. The van der Waals surface area contributed by atoms with Crippen LogP contribution in [0, 0.1) is 20.8 Å². The Morgan fingerprint density at radius 3 is 2.24 bits per heavy atom. The zero-order valence-electron chi connectivity index (χ0n) is 12.3. The van der Waals surface area contributed by atoms with Crippen LogP contribution in [0.3, 0.4) is 0 Å². The number of amidine groups is 1. The Hall–Kier alpha value is -2.08. The van der Waals surface area contributed by atoms with Crippen LogP contribution < -0.4 is 5.73 Å². The molecule has 1 aromatic carbocycles. The van der Waals surface area contributed by atoms with Gasteiger partial charge in [-0.25, -0.2) is 9.97 Å². The minimum absolute atomic E-state index is 0.113. The van der Waals surface area contributed by atoms with Gasteiger partial charge in [0.2, 0.25) is 0 Å². The molecule has 0 aliphatic heterocycles. The monoisotopic (exact) mass is 302 g/mol. The fourth-order valence-corrected chi connectivity index (χ4v) is 2.67. The lowest BCUT2D eigenvalue weighted by Gasteiger charge is -2.07. The van der Waals surface area contributed by atoms with Gasteiger partial charge in [0, 0.05) is 22.7 Å². The smallest absolute Gasteiger partial charge is 0.188 e. The summed E-state index contributed by atoms with van der Waals surface area (Å²) in [4.78, 5) is 8.97. The van der Waals surface area contributed by atoms with Crippen molar-refractivity contribution in [1.82, 2.24) is 9.97 Å². The molecule has 0 amide bonds. The summed E-state index contributed by atoms with van der Waals surface area (Å²) in [7, 11) is 0. The van der Waals surface area contributed by atoms with Gasteiger partial charge < -0.3 is 10.9 Å². The molecule has 0 unspecified atom stereocenters. The lowest BCUT2D eigenvalue weighted by molar-refractivity contribution is 0.318. The van der Waals surface area contributed by atoms with E-state index in [1.165, 1.54) is 0 Å². The van der Waals surface area contributed by atoms with Crippen LogP contribution in [0.2, 0.25) is 0 Å². The van der Waals surface area contributed by atoms with E-state index in [0.29, 0.717) is 5.56 Å². The minimum atomic E-state index is 0.113. The fraction of sp³-hybridized carbons (Fsp3) is 0.267. The number of nitrogens with two attached hydrogens (primary N) is 1. The molecule has 0 saturated carbocycles. The SMILES string of the molecule is Cc1nc(SCc2ccc(C(N)=NO)cc2)nc(C)c1C. The highest BCUT2D eigenvalue weighted by molar-refractivity contribution is 7.98. The van der Waals surface area contributed by atoms with Crippen molar-refractivity contribution in [3.05, 3.63) is 52.3 Å². The Labute approximate surface area is 128 Å². The molecule has 0 aliphatic rings. The molecule has 2 aromatic rings. The second kappa shape index (κ2) is 6.58. The molecule has 0 bridgehead atoms. The third kappa shape index (κ3) is 3.72. The van der Waals surface area contributed by atoms with Crippen molar-refractivity contribution in [2.75, 3.05) is 0 Å². The van der Waals surface area contributed by atoms with Gasteiger partial charge in [-0.05, 0) is 31.9 Å². The number of thioether (sulfide) groups is 1. The molecule has 0 spiro atoms. The van der Waals surface area contributed by atoms with E-state index in [-0.39, 0.29) is 5.84 Å². The summed E-state index contributed by atoms with van der Waals surface area (Å²) in [6.45, 7) is 6.03. The second-order valence-corrected chi connectivity index (χ2v) is 5.72. The first-order valence-corrected chi connectivity index (χ1v) is 7.51. The Morgan fingerprint density at radius 2 is 1.71 bits per heavy atom. The van der Waals surface area contributed by atoms with E-state index in [0.717, 1.165) is 33.4 Å². The van der Waals surface area contributed by atoms with E-state index >= 15 is 0 Å². The summed E-state index contributed by atoms with van der Waals surface area (Å²) >= 11 is 1.60. The molecular weight excluding hydrogens is 284 g/mol. The van der Waals surface area contributed by atoms with Gasteiger partial charge in [-0.15, -0.1) is 0 Å². The lowest BCUT2D eigenvalue weighted by atomic mass is 10.1. The quantitative estimate of drug-likeness (QED) is 0.226. The maximum absolute atomic E-state index is 8.63. The standard InChI is InChI=1S/C15H18N4OS/c1-9-10(2)17-15(18-11(9)3)21-8-12-4-6-13(7-5-12)14(16)19-20/h4-7,20H,8H2,1-3H3,(H2,16,19). The molecule has 5 nitrogen and oxygen atoms in total. The molecule has 21 heavy (non-hydrogen) atoms. The third-order valence-electron chi connectivity index (χ3n) is 3.34. The number of rotatable bonds is 4. The lowest BCUT2D eigenvalue weighted by Crippen LogP contribution is -2.12. The second-order valence-electron chi connectivity index (χ2n) is 4.77. The molecule has 0 fully saturated rings. The van der Waals surface area contributed by atoms with Crippen molar-refractivity contribution >= 4 is 17.6 Å². The van der Waals surface area contributed by atoms with E-state index < -0.39 is 0 Å². The largest absolute Gasteiger partial charge is 0.409 e. The maximum Gasteiger partial charge on any atom is 0.188 e. The number of hydrogen-bond donors (Lipinski definition) is 2. The van der Waals surface area contributed by atoms with E-state index in [1.54, 1.807) is 11.8 Å². The highest BCUT2D eigenvalue weighted by atomic mass is 32.2. The summed E-state index contributed by atoms with van der Waals surface area (Å²) in [5.74, 6) is 0.889. The summed E-state index contributed by atoms with van der Waals surface area (Å²) in [5, 5.41) is 12.4. The molecule has 1 heterocycles. The van der Waals surface area contributed by atoms with Crippen molar-refractivity contribution in [1.29, 1.82) is 0 Å². The van der Waals surface area contributed by atoms with Crippen LogP contribution in [-0.2, 0) is 5.75 Å². The Bertz CT molecular complexity index is 645. The van der Waals surface area contributed by atoms with Gasteiger partial charge in [-0.2, -0.15) is 0 Å². The highest BCUT2D eigenvalue weighted by Gasteiger charge is 2.06. The van der Waals surface area contributed by atoms with Gasteiger partial charge in [0.05, 0.1) is 0 Å². The average molecular weight is 302 g/mol. The predicted octanol–water partition coefficient (Wildman–Crippen LogP) is 2.79. The van der Waals surface area contributed by atoms with E-state index in [4.69, 9.17) is 10.9 Å². The summed E-state index contributed by atoms with van der Waals surface area (Å²) in [5.41, 5.74) is 10.5. The topological polar surface area (TPSA) is 84.4 Å². The molecule has 1 aromatic heterocycles. The van der Waals surface area contributed by atoms with Crippen LogP contribution in [0.25, 0.3) is 0 Å². The zero-order valence-corrected chi connectivity index (χ0v) is 13.1. The van der Waals surface area contributed by atoms with Crippen LogP contribution in [0.15, 0.2) is 34.6 Å². The normalized spacial score (nSPS) is 11.7. The summed E-state index contributed by atoms with van der Waals surface area (Å²) in [6.07, 6.45) is 0. The average Bonchev–Trinajstić information content (AvgIpc) is 2.50. The van der Waals surface area contributed by atoms with Gasteiger partial charge >= 0.3 is 0 Å². The molecule has 110 valence electrons. The first-order valence-electron chi connectivity index (χ1n) is 6.52. The van der Waals surface area contributed by atoms with Crippen molar-refractivity contribution in [3.8, 4) is 0 Å². The number of aromatic nitrogens is 2. The molecule has 0 radical (unpaired) electrons. The van der Waals surface area contributed by atoms with Crippen LogP contribution in [0.5, 0.6) is 0 Å². The van der Waals surface area contributed by atoms with Crippen LogP contribution in [0.1, 0.15) is 28.1 Å². The van der Waals surface area contributed by atoms with Crippen LogP contribution in [-0.4, -0.2) is 21.0 Å². The number of aryl methyl sites for hydroxylation is 2. The Kier molecular flexibility index (Phi) is 4.80. The summed E-state index contributed by atoms with van der Waals surface area (Å²) in [6, 6.07) is 7.57. The van der Waals surface area contributed by atoms with Crippen molar-refractivity contribution < 1.29 is 5.21 Å². The molecule has 0 aliphatic carbocycles. The van der Waals surface area contributed by atoms with Crippen molar-refractivity contribution in [2.24, 2.45) is 10.9 Å². The fourth-order valence-electron chi connectivity index (χ4n) is 1.78. The first kappa shape index (κ1) is 15.3. The van der Waals surface area contributed by atoms with Crippen LogP contribution >= 0.6 is 11.8 Å². The Balaban J connectivity index is 2.06. The molecule has 3 N–H and O–H groups in total. The maximum atomic E-state index is 8.63. The van der Waals surface area contributed by atoms with Gasteiger partial charge in [-0.1, -0.05) is 41.2 Å². The number of hydrogen-bond acceptors (Lipinski definition) is 5. The van der Waals surface area contributed by atoms with Gasteiger partial charge in [0.15, 0.2) is 11.0 Å². The molecular formula is C15H18N4OS. The van der Waals surface area contributed by atoms with Crippen molar-refractivity contribution in [3.63, 3.8) is 0 Å². The van der Waals surface area contributed by atoms with E-state index in [9.17, 15) is 0 Å². The highest BCUT2D eigenvalue weighted by Crippen LogP contribution is 2.21. The number of oxime groups is 1. The Morgan fingerprint density at radius 1 is 1.14 bits per heavy atom. The zero-order chi connectivity index (χ0) is 15.4. The number of nitrogens with zero attached hydrogens (tertiary/aromatic N) is 3.